The van der Waals surface area contributed by atoms with Crippen molar-refractivity contribution in [1.29, 1.82) is 5.26 Å². The van der Waals surface area contributed by atoms with E-state index in [1.807, 2.05) is 6.07 Å². The quantitative estimate of drug-likeness (QED) is 0.885. The van der Waals surface area contributed by atoms with Gasteiger partial charge in [-0.1, -0.05) is 17.7 Å². The van der Waals surface area contributed by atoms with Gasteiger partial charge in [0.15, 0.2) is 0 Å². The van der Waals surface area contributed by atoms with E-state index in [1.54, 1.807) is 36.4 Å². The van der Waals surface area contributed by atoms with Crippen LogP contribution in [0, 0.1) is 11.3 Å². The van der Waals surface area contributed by atoms with Crippen LogP contribution in [0.4, 0.5) is 5.69 Å². The summed E-state index contributed by atoms with van der Waals surface area (Å²) in [5.41, 5.74) is 1.09. The van der Waals surface area contributed by atoms with E-state index in [2.05, 4.69) is 21.2 Å². The zero-order valence-corrected chi connectivity index (χ0v) is 13.3. The third-order valence-corrected chi connectivity index (χ3v) is 4.00. The third-order valence-electron chi connectivity index (χ3n) is 2.79. The molecule has 21 heavy (non-hydrogen) atoms. The number of methoxy groups -OCH3 is 1. The first kappa shape index (κ1) is 15.4. The van der Waals surface area contributed by atoms with Crippen molar-refractivity contribution in [1.82, 2.24) is 0 Å². The van der Waals surface area contributed by atoms with Crippen LogP contribution in [0.15, 0.2) is 40.9 Å². The van der Waals surface area contributed by atoms with Crippen molar-refractivity contribution in [2.24, 2.45) is 0 Å². The first-order valence-electron chi connectivity index (χ1n) is 5.90. The molecule has 2 rings (SSSR count). The molecule has 0 fully saturated rings. The lowest BCUT2D eigenvalue weighted by atomic mass is 10.1. The van der Waals surface area contributed by atoms with E-state index >= 15 is 0 Å². The minimum absolute atomic E-state index is 0.329. The van der Waals surface area contributed by atoms with Gasteiger partial charge >= 0.3 is 0 Å². The maximum absolute atomic E-state index is 12.3. The first-order chi connectivity index (χ1) is 10.1. The number of ether oxygens (including phenoxy) is 1. The van der Waals surface area contributed by atoms with Gasteiger partial charge in [0.25, 0.3) is 5.91 Å². The van der Waals surface area contributed by atoms with Gasteiger partial charge < -0.3 is 10.1 Å². The Hall–Kier alpha value is -2.03. The number of rotatable bonds is 3. The number of nitrogens with one attached hydrogen (secondary N) is 1. The molecule has 1 amide bonds. The van der Waals surface area contributed by atoms with E-state index < -0.39 is 0 Å². The number of para-hydroxylation sites is 1. The van der Waals surface area contributed by atoms with Crippen LogP contribution in [0.1, 0.15) is 15.9 Å². The van der Waals surface area contributed by atoms with E-state index in [4.69, 9.17) is 21.6 Å². The van der Waals surface area contributed by atoms with Crippen LogP contribution in [0.3, 0.4) is 0 Å². The van der Waals surface area contributed by atoms with Crippen LogP contribution in [0.5, 0.6) is 5.75 Å². The molecule has 0 saturated carbocycles. The molecule has 106 valence electrons. The standard InChI is InChI=1S/C15H10BrClN2O2/c1-21-13-4-2-3-10(8-18)14(13)19-15(20)9-5-6-12(17)11(16)7-9/h2-7H,1H3,(H,19,20). The Balaban J connectivity index is 2.36. The zero-order valence-electron chi connectivity index (χ0n) is 11.0. The van der Waals surface area contributed by atoms with E-state index in [-0.39, 0.29) is 5.91 Å². The average molecular weight is 366 g/mol. The summed E-state index contributed by atoms with van der Waals surface area (Å²) < 4.78 is 5.79. The maximum Gasteiger partial charge on any atom is 0.255 e. The fraction of sp³-hybridized carbons (Fsp3) is 0.0667. The van der Waals surface area contributed by atoms with Crippen LogP contribution >= 0.6 is 27.5 Å². The molecule has 0 unspecified atom stereocenters. The van der Waals surface area contributed by atoms with Gasteiger partial charge in [-0.3, -0.25) is 4.79 Å². The number of nitrogens with zero attached hydrogens (tertiary/aromatic N) is 1. The summed E-state index contributed by atoms with van der Waals surface area (Å²) in [7, 11) is 1.48. The summed E-state index contributed by atoms with van der Waals surface area (Å²) in [4.78, 5) is 12.3. The largest absolute Gasteiger partial charge is 0.495 e. The van der Waals surface area contributed by atoms with Gasteiger partial charge in [0, 0.05) is 10.0 Å². The summed E-state index contributed by atoms with van der Waals surface area (Å²) in [6, 6.07) is 11.8. The third kappa shape index (κ3) is 3.35. The monoisotopic (exact) mass is 364 g/mol. The molecule has 0 aliphatic rings. The van der Waals surface area contributed by atoms with Crippen molar-refractivity contribution in [2.75, 3.05) is 12.4 Å². The normalized spacial score (nSPS) is 9.81. The average Bonchev–Trinajstić information content (AvgIpc) is 2.50. The maximum atomic E-state index is 12.3. The van der Waals surface area contributed by atoms with Gasteiger partial charge in [-0.25, -0.2) is 0 Å². The Bertz CT molecular complexity index is 741. The highest BCUT2D eigenvalue weighted by Crippen LogP contribution is 2.29. The van der Waals surface area contributed by atoms with Crippen LogP contribution in [0.2, 0.25) is 5.02 Å². The smallest absolute Gasteiger partial charge is 0.255 e. The van der Waals surface area contributed by atoms with Crippen molar-refractivity contribution in [3.8, 4) is 11.8 Å². The summed E-state index contributed by atoms with van der Waals surface area (Å²) >= 11 is 9.17. The van der Waals surface area contributed by atoms with Crippen molar-refractivity contribution in [3.63, 3.8) is 0 Å². The number of hydrogen-bond acceptors (Lipinski definition) is 3. The number of benzene rings is 2. The van der Waals surface area contributed by atoms with Crippen LogP contribution in [-0.4, -0.2) is 13.0 Å². The SMILES string of the molecule is COc1cccc(C#N)c1NC(=O)c1ccc(Cl)c(Br)c1. The lowest BCUT2D eigenvalue weighted by Crippen LogP contribution is -2.13. The second-order valence-corrected chi connectivity index (χ2v) is 5.34. The molecule has 0 aliphatic heterocycles. The van der Waals surface area contributed by atoms with Gasteiger partial charge in [-0.15, -0.1) is 0 Å². The molecule has 0 saturated heterocycles. The van der Waals surface area contributed by atoms with Gasteiger partial charge in [-0.05, 0) is 46.3 Å². The predicted octanol–water partition coefficient (Wildman–Crippen LogP) is 4.24. The van der Waals surface area contributed by atoms with Gasteiger partial charge in [0.1, 0.15) is 17.5 Å². The van der Waals surface area contributed by atoms with E-state index in [0.717, 1.165) is 0 Å². The highest BCUT2D eigenvalue weighted by molar-refractivity contribution is 9.10. The number of carbonyl (C=O) groups excluding carboxylic acids is 1. The van der Waals surface area contributed by atoms with Crippen LogP contribution in [-0.2, 0) is 0 Å². The molecule has 2 aromatic rings. The Kier molecular flexibility index (Phi) is 4.84. The molecule has 0 aliphatic carbocycles. The van der Waals surface area contributed by atoms with Gasteiger partial charge in [0.05, 0.1) is 17.7 Å². The minimum atomic E-state index is -0.353. The van der Waals surface area contributed by atoms with Crippen molar-refractivity contribution < 1.29 is 9.53 Å². The topological polar surface area (TPSA) is 62.1 Å². The predicted molar refractivity (Wildman–Crippen MR) is 84.8 cm³/mol. The van der Waals surface area contributed by atoms with Crippen molar-refractivity contribution in [3.05, 3.63) is 57.0 Å². The second kappa shape index (κ2) is 6.61. The van der Waals surface area contributed by atoms with Crippen molar-refractivity contribution in [2.45, 2.75) is 0 Å². The fourth-order valence-corrected chi connectivity index (χ4v) is 2.24. The number of hydrogen-bond donors (Lipinski definition) is 1. The van der Waals surface area contributed by atoms with Gasteiger partial charge in [-0.2, -0.15) is 5.26 Å². The van der Waals surface area contributed by atoms with E-state index in [9.17, 15) is 4.79 Å². The minimum Gasteiger partial charge on any atom is -0.495 e. The summed E-state index contributed by atoms with van der Waals surface area (Å²) in [5, 5.41) is 12.3. The molecule has 6 heteroatoms. The lowest BCUT2D eigenvalue weighted by molar-refractivity contribution is 0.102. The number of carbonyl (C=O) groups is 1. The molecular formula is C15H10BrClN2O2. The Morgan fingerprint density at radius 3 is 2.76 bits per heavy atom. The lowest BCUT2D eigenvalue weighted by Gasteiger charge is -2.12. The molecular weight excluding hydrogens is 356 g/mol. The first-order valence-corrected chi connectivity index (χ1v) is 7.07. The number of nitriles is 1. The zero-order chi connectivity index (χ0) is 15.4. The molecule has 2 aromatic carbocycles. The van der Waals surface area contributed by atoms with Gasteiger partial charge in [0.2, 0.25) is 0 Å². The van der Waals surface area contributed by atoms with Crippen LogP contribution in [0.25, 0.3) is 0 Å². The summed E-state index contributed by atoms with van der Waals surface area (Å²) in [6.07, 6.45) is 0. The van der Waals surface area contributed by atoms with E-state index in [0.29, 0.717) is 32.1 Å². The Morgan fingerprint density at radius 1 is 1.38 bits per heavy atom. The van der Waals surface area contributed by atoms with Crippen molar-refractivity contribution >= 4 is 39.1 Å². The molecule has 0 aromatic heterocycles. The number of halogens is 2. The highest BCUT2D eigenvalue weighted by Gasteiger charge is 2.14. The van der Waals surface area contributed by atoms with E-state index in [1.165, 1.54) is 7.11 Å². The Labute approximate surface area is 135 Å². The molecule has 4 nitrogen and oxygen atoms in total. The molecule has 1 N–H and O–H groups in total. The summed E-state index contributed by atoms with van der Waals surface area (Å²) in [6.45, 7) is 0. The molecule has 0 bridgehead atoms. The molecule has 0 spiro atoms. The molecule has 0 heterocycles. The molecule has 0 radical (unpaired) electrons. The number of anilines is 1. The number of amides is 1. The Morgan fingerprint density at radius 2 is 2.14 bits per heavy atom. The summed E-state index contributed by atoms with van der Waals surface area (Å²) in [5.74, 6) is 0.0730. The highest BCUT2D eigenvalue weighted by atomic mass is 79.9. The fourth-order valence-electron chi connectivity index (χ4n) is 1.75. The second-order valence-electron chi connectivity index (χ2n) is 4.08. The molecule has 0 atom stereocenters. The van der Waals surface area contributed by atoms with Crippen LogP contribution < -0.4 is 10.1 Å².